The van der Waals surface area contributed by atoms with Crippen LogP contribution < -0.4 is 5.32 Å². The predicted octanol–water partition coefficient (Wildman–Crippen LogP) is 3.03. The maximum absolute atomic E-state index is 12.3. The van der Waals surface area contributed by atoms with E-state index in [-0.39, 0.29) is 11.9 Å². The van der Waals surface area contributed by atoms with E-state index in [9.17, 15) is 9.59 Å². The van der Waals surface area contributed by atoms with E-state index in [2.05, 4.69) is 33.2 Å². The van der Waals surface area contributed by atoms with Crippen molar-refractivity contribution in [2.45, 2.75) is 18.9 Å². The smallest absolute Gasteiger partial charge is 0.337 e. The molecular formula is C20H22N2O3. The maximum Gasteiger partial charge on any atom is 0.337 e. The zero-order valence-corrected chi connectivity index (χ0v) is 14.5. The Morgan fingerprint density at radius 2 is 1.88 bits per heavy atom. The number of fused-ring (bicyclic) bond motifs is 1. The van der Waals surface area contributed by atoms with Gasteiger partial charge in [0, 0.05) is 11.7 Å². The molecule has 1 unspecified atom stereocenters. The minimum atomic E-state index is -0.391. The van der Waals surface area contributed by atoms with E-state index in [1.807, 2.05) is 13.1 Å². The highest BCUT2D eigenvalue weighted by molar-refractivity contribution is 5.94. The number of anilines is 1. The van der Waals surface area contributed by atoms with Gasteiger partial charge in [0.25, 0.3) is 0 Å². The number of likely N-dealkylation sites (N-methyl/N-ethyl adjacent to an activating group) is 1. The highest BCUT2D eigenvalue weighted by atomic mass is 16.5. The summed E-state index contributed by atoms with van der Waals surface area (Å²) in [6, 6.07) is 15.4. The molecule has 0 heterocycles. The Balaban J connectivity index is 1.58. The van der Waals surface area contributed by atoms with Gasteiger partial charge in [0.05, 0.1) is 19.2 Å². The molecule has 130 valence electrons. The first-order valence-corrected chi connectivity index (χ1v) is 8.35. The van der Waals surface area contributed by atoms with Crippen LogP contribution >= 0.6 is 0 Å². The summed E-state index contributed by atoms with van der Waals surface area (Å²) in [6.07, 6.45) is 2.10. The quantitative estimate of drug-likeness (QED) is 0.852. The normalized spacial score (nSPS) is 15.7. The minimum absolute atomic E-state index is 0.0716. The molecule has 0 radical (unpaired) electrons. The summed E-state index contributed by atoms with van der Waals surface area (Å²) in [6.45, 7) is 0.317. The standard InChI is InChI=1S/C20H22N2O3/c1-22(18-12-9-14-5-3-4-6-17(14)18)13-19(23)21-16-10-7-15(8-11-16)20(24)25-2/h3-8,10-11,18H,9,12-13H2,1-2H3,(H,21,23). The first kappa shape index (κ1) is 17.2. The monoisotopic (exact) mass is 338 g/mol. The number of hydrogen-bond donors (Lipinski definition) is 1. The number of carbonyl (C=O) groups excluding carboxylic acids is 2. The highest BCUT2D eigenvalue weighted by Gasteiger charge is 2.26. The lowest BCUT2D eigenvalue weighted by Crippen LogP contribution is -2.32. The van der Waals surface area contributed by atoms with Gasteiger partial charge in [-0.3, -0.25) is 9.69 Å². The average molecular weight is 338 g/mol. The number of amides is 1. The number of aryl methyl sites for hydroxylation is 1. The van der Waals surface area contributed by atoms with Crippen LogP contribution in [0.3, 0.4) is 0 Å². The Bertz CT molecular complexity index is 771. The Morgan fingerprint density at radius 1 is 1.16 bits per heavy atom. The second-order valence-corrected chi connectivity index (χ2v) is 6.29. The molecule has 5 heteroatoms. The molecule has 1 N–H and O–H groups in total. The molecule has 0 bridgehead atoms. The van der Waals surface area contributed by atoms with E-state index in [0.29, 0.717) is 17.8 Å². The van der Waals surface area contributed by atoms with Gasteiger partial charge in [-0.25, -0.2) is 4.79 Å². The molecule has 5 nitrogen and oxygen atoms in total. The van der Waals surface area contributed by atoms with Crippen LogP contribution in [0.2, 0.25) is 0 Å². The van der Waals surface area contributed by atoms with Crippen molar-refractivity contribution >= 4 is 17.6 Å². The number of nitrogens with one attached hydrogen (secondary N) is 1. The van der Waals surface area contributed by atoms with E-state index < -0.39 is 5.97 Å². The highest BCUT2D eigenvalue weighted by Crippen LogP contribution is 2.34. The van der Waals surface area contributed by atoms with Gasteiger partial charge in [0.1, 0.15) is 0 Å². The molecule has 25 heavy (non-hydrogen) atoms. The Labute approximate surface area is 147 Å². The largest absolute Gasteiger partial charge is 0.465 e. The molecule has 0 aliphatic heterocycles. The SMILES string of the molecule is COC(=O)c1ccc(NC(=O)CN(C)C2CCc3ccccc32)cc1. The van der Waals surface area contributed by atoms with Gasteiger partial charge in [0.15, 0.2) is 0 Å². The lowest BCUT2D eigenvalue weighted by molar-refractivity contribution is -0.117. The molecule has 1 aliphatic rings. The lowest BCUT2D eigenvalue weighted by Gasteiger charge is -2.24. The molecule has 1 aliphatic carbocycles. The first-order valence-electron chi connectivity index (χ1n) is 8.35. The third-order valence-corrected chi connectivity index (χ3v) is 4.62. The van der Waals surface area contributed by atoms with Crippen molar-refractivity contribution in [2.75, 3.05) is 26.0 Å². The summed E-state index contributed by atoms with van der Waals surface area (Å²) >= 11 is 0. The van der Waals surface area contributed by atoms with Crippen molar-refractivity contribution in [1.29, 1.82) is 0 Å². The van der Waals surface area contributed by atoms with Gasteiger partial charge in [-0.05, 0) is 55.3 Å². The van der Waals surface area contributed by atoms with Crippen LogP contribution in [-0.2, 0) is 16.0 Å². The predicted molar refractivity (Wildman–Crippen MR) is 96.5 cm³/mol. The number of rotatable bonds is 5. The molecule has 1 amide bonds. The van der Waals surface area contributed by atoms with Gasteiger partial charge in [-0.1, -0.05) is 24.3 Å². The fourth-order valence-electron chi connectivity index (χ4n) is 3.34. The van der Waals surface area contributed by atoms with E-state index in [0.717, 1.165) is 12.8 Å². The van der Waals surface area contributed by atoms with Gasteiger partial charge in [-0.2, -0.15) is 0 Å². The molecule has 0 saturated carbocycles. The number of nitrogens with zero attached hydrogens (tertiary/aromatic N) is 1. The zero-order chi connectivity index (χ0) is 17.8. The van der Waals surface area contributed by atoms with Crippen molar-refractivity contribution in [3.05, 3.63) is 65.2 Å². The van der Waals surface area contributed by atoms with Crippen molar-refractivity contribution in [3.8, 4) is 0 Å². The fourth-order valence-corrected chi connectivity index (χ4v) is 3.34. The Hall–Kier alpha value is -2.66. The first-order chi connectivity index (χ1) is 12.1. The van der Waals surface area contributed by atoms with Crippen LogP contribution in [0.15, 0.2) is 48.5 Å². The molecule has 3 rings (SSSR count). The van der Waals surface area contributed by atoms with Crippen LogP contribution in [0.4, 0.5) is 5.69 Å². The van der Waals surface area contributed by atoms with Gasteiger partial charge in [0.2, 0.25) is 5.91 Å². The molecule has 0 spiro atoms. The maximum atomic E-state index is 12.3. The van der Waals surface area contributed by atoms with Crippen molar-refractivity contribution in [3.63, 3.8) is 0 Å². The zero-order valence-electron chi connectivity index (χ0n) is 14.5. The van der Waals surface area contributed by atoms with Crippen LogP contribution in [0.25, 0.3) is 0 Å². The van der Waals surface area contributed by atoms with Gasteiger partial charge in [-0.15, -0.1) is 0 Å². The van der Waals surface area contributed by atoms with E-state index in [1.165, 1.54) is 18.2 Å². The second-order valence-electron chi connectivity index (χ2n) is 6.29. The number of hydrogen-bond acceptors (Lipinski definition) is 4. The molecule has 1 atom stereocenters. The number of ether oxygens (including phenoxy) is 1. The minimum Gasteiger partial charge on any atom is -0.465 e. The summed E-state index contributed by atoms with van der Waals surface area (Å²) in [5, 5.41) is 2.87. The van der Waals surface area contributed by atoms with Crippen LogP contribution in [-0.4, -0.2) is 37.5 Å². The summed E-state index contributed by atoms with van der Waals surface area (Å²) < 4.78 is 4.66. The third kappa shape index (κ3) is 3.88. The average Bonchev–Trinajstić information content (AvgIpc) is 3.06. The molecule has 0 aromatic heterocycles. The van der Waals surface area contributed by atoms with Crippen molar-refractivity contribution in [2.24, 2.45) is 0 Å². The van der Waals surface area contributed by atoms with Gasteiger partial charge < -0.3 is 10.1 Å². The molecule has 2 aromatic carbocycles. The van der Waals surface area contributed by atoms with Crippen LogP contribution in [0.5, 0.6) is 0 Å². The number of methoxy groups -OCH3 is 1. The third-order valence-electron chi connectivity index (χ3n) is 4.62. The topological polar surface area (TPSA) is 58.6 Å². The fraction of sp³-hybridized carbons (Fsp3) is 0.300. The Morgan fingerprint density at radius 3 is 2.60 bits per heavy atom. The number of benzene rings is 2. The molecule has 0 fully saturated rings. The molecular weight excluding hydrogens is 316 g/mol. The van der Waals surface area contributed by atoms with Crippen molar-refractivity contribution in [1.82, 2.24) is 4.90 Å². The van der Waals surface area contributed by atoms with E-state index >= 15 is 0 Å². The number of esters is 1. The van der Waals surface area contributed by atoms with E-state index in [4.69, 9.17) is 0 Å². The van der Waals surface area contributed by atoms with Crippen molar-refractivity contribution < 1.29 is 14.3 Å². The molecule has 0 saturated heterocycles. The summed E-state index contributed by atoms with van der Waals surface area (Å²) in [5.41, 5.74) is 3.82. The Kier molecular flexibility index (Phi) is 5.14. The second kappa shape index (κ2) is 7.49. The van der Waals surface area contributed by atoms with Crippen LogP contribution in [0.1, 0.15) is 33.9 Å². The summed E-state index contributed by atoms with van der Waals surface area (Å²) in [5.74, 6) is -0.463. The number of carbonyl (C=O) groups is 2. The van der Waals surface area contributed by atoms with Gasteiger partial charge >= 0.3 is 5.97 Å². The van der Waals surface area contributed by atoms with Crippen LogP contribution in [0, 0.1) is 0 Å². The summed E-state index contributed by atoms with van der Waals surface area (Å²) in [7, 11) is 3.32. The molecule has 2 aromatic rings. The summed E-state index contributed by atoms with van der Waals surface area (Å²) in [4.78, 5) is 25.8. The van der Waals surface area contributed by atoms with E-state index in [1.54, 1.807) is 24.3 Å². The lowest BCUT2D eigenvalue weighted by atomic mass is 10.1.